The molecule has 1 rings (SSSR count). The molecule has 4 nitrogen and oxygen atoms in total. The highest BCUT2D eigenvalue weighted by Gasteiger charge is 2.34. The second-order valence-corrected chi connectivity index (χ2v) is 11.5. The molecule has 0 N–H and O–H groups in total. The van der Waals surface area contributed by atoms with E-state index in [0.29, 0.717) is 12.8 Å². The summed E-state index contributed by atoms with van der Waals surface area (Å²) in [5.74, 6) is -0.291. The molecule has 0 radical (unpaired) electrons. The summed E-state index contributed by atoms with van der Waals surface area (Å²) in [5, 5.41) is 0. The van der Waals surface area contributed by atoms with Gasteiger partial charge in [-0.05, 0) is 24.8 Å². The molecule has 0 aromatic heterocycles. The van der Waals surface area contributed by atoms with Crippen LogP contribution in [0.1, 0.15) is 161 Å². The molecule has 39 heavy (non-hydrogen) atoms. The molecule has 0 heterocycles. The van der Waals surface area contributed by atoms with Crippen LogP contribution in [-0.4, -0.2) is 25.2 Å². The average molecular weight is 545 g/mol. The van der Waals surface area contributed by atoms with Crippen LogP contribution in [0.25, 0.3) is 0 Å². The van der Waals surface area contributed by atoms with Crippen LogP contribution >= 0.6 is 0 Å². The van der Waals surface area contributed by atoms with E-state index >= 15 is 0 Å². The number of carbonyl (C=O) groups is 2. The largest absolute Gasteiger partial charge is 0.465 e. The number of unbranched alkanes of at least 4 members (excludes halogenated alkanes) is 16. The number of hydrogen-bond donors (Lipinski definition) is 0. The lowest BCUT2D eigenvalue weighted by molar-refractivity contribution is -0.150. The summed E-state index contributed by atoms with van der Waals surface area (Å²) in [6.07, 6.45) is 23.7. The Bertz CT molecular complexity index is 677. The Morgan fingerprint density at radius 2 is 0.897 bits per heavy atom. The SMILES string of the molecule is CCCCCCCCCCCC(=O)OCC(CC)(COC(=O)CCCCCCCCCCC)c1ccccc1. The monoisotopic (exact) mass is 544 g/mol. The third-order valence-electron chi connectivity index (χ3n) is 8.05. The fourth-order valence-electron chi connectivity index (χ4n) is 5.15. The first-order chi connectivity index (χ1) is 19.1. The minimum atomic E-state index is -0.510. The molecule has 224 valence electrons. The van der Waals surface area contributed by atoms with Crippen LogP contribution in [0.5, 0.6) is 0 Å². The topological polar surface area (TPSA) is 52.6 Å². The molecule has 0 aliphatic rings. The molecule has 0 unspecified atom stereocenters. The van der Waals surface area contributed by atoms with Crippen LogP contribution in [0.4, 0.5) is 0 Å². The summed E-state index contributed by atoms with van der Waals surface area (Å²) < 4.78 is 11.6. The average Bonchev–Trinajstić information content (AvgIpc) is 2.96. The minimum absolute atomic E-state index is 0.146. The van der Waals surface area contributed by atoms with Crippen molar-refractivity contribution in [3.05, 3.63) is 35.9 Å². The molecule has 0 atom stereocenters. The Hall–Kier alpha value is -1.84. The molecule has 0 saturated heterocycles. The number of esters is 2. The van der Waals surface area contributed by atoms with E-state index in [0.717, 1.165) is 37.7 Å². The lowest BCUT2D eigenvalue weighted by atomic mass is 9.79. The van der Waals surface area contributed by atoms with E-state index in [-0.39, 0.29) is 25.2 Å². The van der Waals surface area contributed by atoms with Crippen LogP contribution in [0.2, 0.25) is 0 Å². The van der Waals surface area contributed by atoms with Gasteiger partial charge < -0.3 is 9.47 Å². The van der Waals surface area contributed by atoms with Crippen LogP contribution in [0, 0.1) is 0 Å². The highest BCUT2D eigenvalue weighted by atomic mass is 16.5. The van der Waals surface area contributed by atoms with E-state index < -0.39 is 5.41 Å². The molecule has 0 spiro atoms. The Labute approximate surface area is 241 Å². The smallest absolute Gasteiger partial charge is 0.305 e. The first-order valence-corrected chi connectivity index (χ1v) is 16.4. The summed E-state index contributed by atoms with van der Waals surface area (Å²) in [6.45, 7) is 7.06. The maximum absolute atomic E-state index is 12.6. The molecular formula is C35H60O4. The van der Waals surface area contributed by atoms with Gasteiger partial charge in [-0.15, -0.1) is 0 Å². The highest BCUT2D eigenvalue weighted by molar-refractivity contribution is 5.70. The summed E-state index contributed by atoms with van der Waals surface area (Å²) in [7, 11) is 0. The molecule has 0 aliphatic carbocycles. The predicted molar refractivity (Wildman–Crippen MR) is 164 cm³/mol. The number of ether oxygens (including phenoxy) is 2. The van der Waals surface area contributed by atoms with Gasteiger partial charge in [-0.1, -0.05) is 154 Å². The summed E-state index contributed by atoms with van der Waals surface area (Å²) in [6, 6.07) is 10.1. The van der Waals surface area contributed by atoms with Crippen molar-refractivity contribution in [3.8, 4) is 0 Å². The maximum Gasteiger partial charge on any atom is 0.305 e. The molecule has 0 saturated carbocycles. The van der Waals surface area contributed by atoms with Gasteiger partial charge in [0.2, 0.25) is 0 Å². The lowest BCUT2D eigenvalue weighted by Crippen LogP contribution is -2.38. The maximum atomic E-state index is 12.6. The second kappa shape index (κ2) is 24.0. The van der Waals surface area contributed by atoms with E-state index in [1.807, 2.05) is 30.3 Å². The van der Waals surface area contributed by atoms with Crippen LogP contribution in [-0.2, 0) is 24.5 Å². The van der Waals surface area contributed by atoms with Crippen molar-refractivity contribution in [1.82, 2.24) is 0 Å². The normalized spacial score (nSPS) is 11.5. The lowest BCUT2D eigenvalue weighted by Gasteiger charge is -2.32. The van der Waals surface area contributed by atoms with Gasteiger partial charge in [0, 0.05) is 12.8 Å². The third kappa shape index (κ3) is 17.5. The van der Waals surface area contributed by atoms with Crippen molar-refractivity contribution in [2.45, 2.75) is 161 Å². The van der Waals surface area contributed by atoms with E-state index in [4.69, 9.17) is 9.47 Å². The van der Waals surface area contributed by atoms with Crippen molar-refractivity contribution >= 4 is 11.9 Å². The van der Waals surface area contributed by atoms with Crippen LogP contribution in [0.15, 0.2) is 30.3 Å². The number of rotatable bonds is 26. The zero-order valence-electron chi connectivity index (χ0n) is 25.8. The number of hydrogen-bond acceptors (Lipinski definition) is 4. The van der Waals surface area contributed by atoms with Crippen molar-refractivity contribution in [2.24, 2.45) is 0 Å². The molecular weight excluding hydrogens is 484 g/mol. The predicted octanol–water partition coefficient (Wildman–Crippen LogP) is 10.3. The molecule has 1 aromatic rings. The Morgan fingerprint density at radius 1 is 0.538 bits per heavy atom. The van der Waals surface area contributed by atoms with Gasteiger partial charge in [-0.3, -0.25) is 9.59 Å². The molecule has 0 fully saturated rings. The minimum Gasteiger partial charge on any atom is -0.465 e. The molecule has 1 aromatic carbocycles. The fraction of sp³-hybridized carbons (Fsp3) is 0.771. The van der Waals surface area contributed by atoms with Crippen LogP contribution < -0.4 is 0 Å². The van der Waals surface area contributed by atoms with Crippen molar-refractivity contribution < 1.29 is 19.1 Å². The quantitative estimate of drug-likeness (QED) is 0.0860. The first-order valence-electron chi connectivity index (χ1n) is 16.4. The van der Waals surface area contributed by atoms with E-state index in [2.05, 4.69) is 20.8 Å². The van der Waals surface area contributed by atoms with Gasteiger partial charge in [0.15, 0.2) is 0 Å². The third-order valence-corrected chi connectivity index (χ3v) is 8.05. The Balaban J connectivity index is 2.39. The second-order valence-electron chi connectivity index (χ2n) is 11.5. The number of benzene rings is 1. The van der Waals surface area contributed by atoms with Gasteiger partial charge in [0.05, 0.1) is 5.41 Å². The molecule has 0 bridgehead atoms. The van der Waals surface area contributed by atoms with Crippen molar-refractivity contribution in [1.29, 1.82) is 0 Å². The first kappa shape index (κ1) is 35.2. The summed E-state index contributed by atoms with van der Waals surface area (Å²) in [4.78, 5) is 25.1. The van der Waals surface area contributed by atoms with Gasteiger partial charge in [-0.2, -0.15) is 0 Å². The van der Waals surface area contributed by atoms with Crippen LogP contribution in [0.3, 0.4) is 0 Å². The van der Waals surface area contributed by atoms with Crippen molar-refractivity contribution in [2.75, 3.05) is 13.2 Å². The highest BCUT2D eigenvalue weighted by Crippen LogP contribution is 2.30. The zero-order valence-corrected chi connectivity index (χ0v) is 25.8. The van der Waals surface area contributed by atoms with E-state index in [9.17, 15) is 9.59 Å². The van der Waals surface area contributed by atoms with E-state index in [1.54, 1.807) is 0 Å². The Kier molecular flexibility index (Phi) is 21.7. The molecule has 0 aliphatic heterocycles. The fourth-order valence-corrected chi connectivity index (χ4v) is 5.15. The van der Waals surface area contributed by atoms with Gasteiger partial charge in [0.25, 0.3) is 0 Å². The van der Waals surface area contributed by atoms with Gasteiger partial charge in [-0.25, -0.2) is 0 Å². The summed E-state index contributed by atoms with van der Waals surface area (Å²) in [5.41, 5.74) is 0.544. The van der Waals surface area contributed by atoms with E-state index in [1.165, 1.54) is 89.9 Å². The van der Waals surface area contributed by atoms with Gasteiger partial charge >= 0.3 is 11.9 Å². The van der Waals surface area contributed by atoms with Crippen molar-refractivity contribution in [3.63, 3.8) is 0 Å². The standard InChI is InChI=1S/C35H60O4/c1-4-7-9-11-13-15-17-19-24-28-33(36)38-30-35(6-3,32-26-22-21-23-27-32)31-39-34(37)29-25-20-18-16-14-12-10-8-5-2/h21-23,26-27H,4-20,24-25,28-31H2,1-3H3. The number of carbonyl (C=O) groups excluding carboxylic acids is 2. The van der Waals surface area contributed by atoms with Gasteiger partial charge in [0.1, 0.15) is 13.2 Å². The summed E-state index contributed by atoms with van der Waals surface area (Å²) >= 11 is 0. The molecule has 0 amide bonds. The zero-order chi connectivity index (χ0) is 28.4. The molecule has 4 heteroatoms. The Morgan fingerprint density at radius 3 is 1.26 bits per heavy atom.